The van der Waals surface area contributed by atoms with Gasteiger partial charge in [-0.15, -0.1) is 0 Å². The van der Waals surface area contributed by atoms with Crippen molar-refractivity contribution in [3.63, 3.8) is 0 Å². The van der Waals surface area contributed by atoms with E-state index < -0.39 is 8.07 Å². The predicted molar refractivity (Wildman–Crippen MR) is 128 cm³/mol. The van der Waals surface area contributed by atoms with Crippen LogP contribution in [0.2, 0.25) is 19.6 Å². The molecule has 0 aliphatic carbocycles. The Labute approximate surface area is 175 Å². The van der Waals surface area contributed by atoms with E-state index in [1.165, 1.54) is 33.0 Å². The number of hydrogen-bond acceptors (Lipinski definition) is 1. The van der Waals surface area contributed by atoms with Gasteiger partial charge in [-0.1, -0.05) is 97.6 Å². The number of rotatable bonds is 4. The zero-order valence-corrected chi connectivity index (χ0v) is 18.6. The van der Waals surface area contributed by atoms with Crippen LogP contribution in [-0.4, -0.2) is 13.1 Å². The van der Waals surface area contributed by atoms with E-state index >= 15 is 0 Å². The van der Waals surface area contributed by atoms with Crippen molar-refractivity contribution in [2.45, 2.75) is 26.6 Å². The van der Waals surface area contributed by atoms with Gasteiger partial charge in [0.2, 0.25) is 0 Å². The molecule has 4 rings (SSSR count). The maximum atomic E-state index is 4.80. The lowest BCUT2D eigenvalue weighted by Gasteiger charge is -2.17. The van der Waals surface area contributed by atoms with Crippen LogP contribution in [0.15, 0.2) is 91.1 Å². The molecule has 0 aliphatic rings. The average molecular weight is 394 g/mol. The van der Waals surface area contributed by atoms with E-state index in [0.717, 1.165) is 11.3 Å². The monoisotopic (exact) mass is 393 g/mol. The molecule has 0 saturated carbocycles. The van der Waals surface area contributed by atoms with Crippen molar-refractivity contribution < 1.29 is 0 Å². The van der Waals surface area contributed by atoms with Gasteiger partial charge in [0.1, 0.15) is 0 Å². The first-order valence-electron chi connectivity index (χ1n) is 10.2. The average Bonchev–Trinajstić information content (AvgIpc) is 2.74. The van der Waals surface area contributed by atoms with Gasteiger partial charge >= 0.3 is 0 Å². The van der Waals surface area contributed by atoms with Crippen LogP contribution in [0.3, 0.4) is 0 Å². The molecule has 0 N–H and O–H groups in total. The summed E-state index contributed by atoms with van der Waals surface area (Å²) in [6.45, 7) is 9.32. The normalized spacial score (nSPS) is 11.4. The Morgan fingerprint density at radius 2 is 1.28 bits per heavy atom. The quantitative estimate of drug-likeness (QED) is 0.342. The van der Waals surface area contributed by atoms with Crippen LogP contribution in [0.1, 0.15) is 5.56 Å². The minimum Gasteiger partial charge on any atom is -0.256 e. The number of benzene rings is 3. The van der Waals surface area contributed by atoms with Gasteiger partial charge < -0.3 is 0 Å². The first kappa shape index (κ1) is 19.3. The number of aromatic nitrogens is 1. The Morgan fingerprint density at radius 1 is 0.621 bits per heavy atom. The van der Waals surface area contributed by atoms with Crippen molar-refractivity contribution in [2.24, 2.45) is 0 Å². The summed E-state index contributed by atoms with van der Waals surface area (Å²) in [4.78, 5) is 4.80. The molecule has 4 aromatic rings. The van der Waals surface area contributed by atoms with Gasteiger partial charge in [-0.2, -0.15) is 0 Å². The minimum atomic E-state index is -1.27. The molecule has 0 radical (unpaired) electrons. The molecular weight excluding hydrogens is 366 g/mol. The minimum absolute atomic E-state index is 1.02. The second-order valence-corrected chi connectivity index (χ2v) is 13.7. The number of hydrogen-bond donors (Lipinski definition) is 0. The molecule has 29 heavy (non-hydrogen) atoms. The highest BCUT2D eigenvalue weighted by molar-refractivity contribution is 6.88. The fraction of sp³-hybridized carbons (Fsp3) is 0.148. The van der Waals surface area contributed by atoms with Crippen molar-refractivity contribution in [2.75, 3.05) is 0 Å². The van der Waals surface area contributed by atoms with Gasteiger partial charge in [0.15, 0.2) is 0 Å². The molecule has 0 atom stereocenters. The van der Waals surface area contributed by atoms with Gasteiger partial charge in [0.05, 0.1) is 13.8 Å². The smallest absolute Gasteiger partial charge is 0.0775 e. The molecule has 0 amide bonds. The standard InChI is InChI=1S/C27H27NSi/c1-20-17-27(24-12-8-11-23(18-24)21-9-6-5-7-10-21)28-19-26(20)22-13-15-25(16-14-22)29(2,3)4/h5-19H,1-4H3. The van der Waals surface area contributed by atoms with Crippen LogP contribution < -0.4 is 5.19 Å². The van der Waals surface area contributed by atoms with E-state index in [1.807, 2.05) is 12.3 Å². The van der Waals surface area contributed by atoms with Gasteiger partial charge in [0, 0.05) is 17.3 Å². The lowest BCUT2D eigenvalue weighted by molar-refractivity contribution is 1.29. The van der Waals surface area contributed by atoms with Gasteiger partial charge in [-0.3, -0.25) is 4.98 Å². The fourth-order valence-electron chi connectivity index (χ4n) is 3.65. The van der Waals surface area contributed by atoms with Crippen LogP contribution in [0, 0.1) is 6.92 Å². The summed E-state index contributed by atoms with van der Waals surface area (Å²) in [6, 6.07) is 30.4. The molecule has 0 spiro atoms. The van der Waals surface area contributed by atoms with Crippen LogP contribution in [-0.2, 0) is 0 Å². The summed E-state index contributed by atoms with van der Waals surface area (Å²) in [7, 11) is -1.27. The Morgan fingerprint density at radius 3 is 1.93 bits per heavy atom. The van der Waals surface area contributed by atoms with E-state index in [-0.39, 0.29) is 0 Å². The molecule has 1 nitrogen and oxygen atoms in total. The first-order valence-corrected chi connectivity index (χ1v) is 13.7. The summed E-state index contributed by atoms with van der Waals surface area (Å²) in [5.74, 6) is 0. The van der Waals surface area contributed by atoms with Gasteiger partial charge in [0.25, 0.3) is 0 Å². The highest BCUT2D eigenvalue weighted by Crippen LogP contribution is 2.29. The molecule has 3 aromatic carbocycles. The molecule has 0 saturated heterocycles. The first-order chi connectivity index (χ1) is 13.9. The van der Waals surface area contributed by atoms with Crippen LogP contribution >= 0.6 is 0 Å². The lowest BCUT2D eigenvalue weighted by atomic mass is 9.98. The Bertz CT molecular complexity index is 1120. The highest BCUT2D eigenvalue weighted by atomic mass is 28.3. The van der Waals surface area contributed by atoms with E-state index in [2.05, 4.69) is 105 Å². The highest BCUT2D eigenvalue weighted by Gasteiger charge is 2.16. The Balaban J connectivity index is 1.66. The van der Waals surface area contributed by atoms with E-state index in [9.17, 15) is 0 Å². The van der Waals surface area contributed by atoms with Crippen molar-refractivity contribution in [1.82, 2.24) is 4.98 Å². The summed E-state index contributed by atoms with van der Waals surface area (Å²) in [6.07, 6.45) is 2.02. The SMILES string of the molecule is Cc1cc(-c2cccc(-c3ccccc3)c2)ncc1-c1ccc([Si](C)(C)C)cc1. The summed E-state index contributed by atoms with van der Waals surface area (Å²) in [5, 5.41) is 1.49. The van der Waals surface area contributed by atoms with E-state index in [1.54, 1.807) is 0 Å². The van der Waals surface area contributed by atoms with Crippen LogP contribution in [0.4, 0.5) is 0 Å². The van der Waals surface area contributed by atoms with Gasteiger partial charge in [-0.05, 0) is 41.3 Å². The van der Waals surface area contributed by atoms with Gasteiger partial charge in [-0.25, -0.2) is 0 Å². The third kappa shape index (κ3) is 4.23. The molecule has 144 valence electrons. The van der Waals surface area contributed by atoms with Crippen LogP contribution in [0.25, 0.3) is 33.5 Å². The number of nitrogens with zero attached hydrogens (tertiary/aromatic N) is 1. The third-order valence-corrected chi connectivity index (χ3v) is 7.50. The zero-order chi connectivity index (χ0) is 20.4. The maximum absolute atomic E-state index is 4.80. The number of aryl methyl sites for hydroxylation is 1. The zero-order valence-electron chi connectivity index (χ0n) is 17.6. The van der Waals surface area contributed by atoms with Crippen molar-refractivity contribution in [1.29, 1.82) is 0 Å². The fourth-order valence-corrected chi connectivity index (χ4v) is 4.82. The van der Waals surface area contributed by atoms with Crippen molar-refractivity contribution >= 4 is 13.3 Å². The largest absolute Gasteiger partial charge is 0.256 e. The molecule has 0 unspecified atom stereocenters. The second kappa shape index (κ2) is 7.80. The predicted octanol–water partition coefficient (Wildman–Crippen LogP) is 6.94. The maximum Gasteiger partial charge on any atom is 0.0775 e. The second-order valence-electron chi connectivity index (χ2n) is 8.66. The molecular formula is C27H27NSi. The molecule has 2 heteroatoms. The molecule has 1 aromatic heterocycles. The molecule has 0 bridgehead atoms. The molecule has 0 aliphatic heterocycles. The molecule has 1 heterocycles. The number of pyridine rings is 1. The van der Waals surface area contributed by atoms with Crippen LogP contribution in [0.5, 0.6) is 0 Å². The van der Waals surface area contributed by atoms with Crippen molar-refractivity contribution in [3.05, 3.63) is 96.7 Å². The Hall–Kier alpha value is -2.97. The summed E-state index contributed by atoms with van der Waals surface area (Å²) in [5.41, 5.74) is 8.30. The van der Waals surface area contributed by atoms with Crippen molar-refractivity contribution in [3.8, 4) is 33.5 Å². The Kier molecular flexibility index (Phi) is 5.21. The topological polar surface area (TPSA) is 12.9 Å². The van der Waals surface area contributed by atoms with E-state index in [0.29, 0.717) is 0 Å². The summed E-state index contributed by atoms with van der Waals surface area (Å²) < 4.78 is 0. The van der Waals surface area contributed by atoms with E-state index in [4.69, 9.17) is 4.98 Å². The summed E-state index contributed by atoms with van der Waals surface area (Å²) >= 11 is 0. The lowest BCUT2D eigenvalue weighted by Crippen LogP contribution is -2.37. The third-order valence-electron chi connectivity index (χ3n) is 5.44. The molecule has 0 fully saturated rings.